The first kappa shape index (κ1) is 18.6. The van der Waals surface area contributed by atoms with Crippen molar-refractivity contribution >= 4 is 39.4 Å². The highest BCUT2D eigenvalue weighted by molar-refractivity contribution is 6.30. The number of fused-ring (bicyclic) bond motifs is 2. The fraction of sp³-hybridized carbons (Fsp3) is 0.182. The van der Waals surface area contributed by atoms with Gasteiger partial charge in [-0.3, -0.25) is 0 Å². The van der Waals surface area contributed by atoms with Crippen molar-refractivity contribution in [2.24, 2.45) is 0 Å². The number of rotatable bonds is 6. The van der Waals surface area contributed by atoms with Crippen molar-refractivity contribution in [1.82, 2.24) is 30.0 Å². The molecule has 0 spiro atoms. The summed E-state index contributed by atoms with van der Waals surface area (Å²) >= 11 is 6.06. The van der Waals surface area contributed by atoms with E-state index in [9.17, 15) is 0 Å². The average Bonchev–Trinajstić information content (AvgIpc) is 3.39. The van der Waals surface area contributed by atoms with E-state index in [-0.39, 0.29) is 12.2 Å². The number of hydrogen-bond donors (Lipinski definition) is 1. The van der Waals surface area contributed by atoms with E-state index >= 15 is 0 Å². The fourth-order valence-electron chi connectivity index (χ4n) is 3.71. The second-order valence-electron chi connectivity index (χ2n) is 7.30. The molecule has 2 aromatic heterocycles. The number of nitrogens with one attached hydrogen (secondary N) is 1. The molecule has 5 aromatic rings. The van der Waals surface area contributed by atoms with Crippen molar-refractivity contribution in [2.45, 2.75) is 25.6 Å². The van der Waals surface area contributed by atoms with E-state index in [1.165, 1.54) is 0 Å². The van der Waals surface area contributed by atoms with Gasteiger partial charge in [-0.2, -0.15) is 0 Å². The molecule has 0 bridgehead atoms. The lowest BCUT2D eigenvalue weighted by Gasteiger charge is -2.24. The summed E-state index contributed by atoms with van der Waals surface area (Å²) in [5, 5.41) is 21.7. The Morgan fingerprint density at radius 1 is 0.800 bits per heavy atom. The number of hydrogen-bond acceptors (Lipinski definition) is 5. The van der Waals surface area contributed by atoms with E-state index in [4.69, 9.17) is 11.6 Å². The van der Waals surface area contributed by atoms with Crippen molar-refractivity contribution in [1.29, 1.82) is 0 Å². The molecule has 0 amide bonds. The number of benzene rings is 3. The molecule has 0 radical (unpaired) electrons. The molecule has 0 aliphatic carbocycles. The lowest BCUT2D eigenvalue weighted by Crippen LogP contribution is -2.23. The first-order chi connectivity index (χ1) is 14.7. The van der Waals surface area contributed by atoms with Gasteiger partial charge in [-0.1, -0.05) is 46.3 Å². The zero-order valence-corrected chi connectivity index (χ0v) is 17.1. The first-order valence-corrected chi connectivity index (χ1v) is 10.2. The third kappa shape index (κ3) is 3.48. The predicted molar refractivity (Wildman–Crippen MR) is 118 cm³/mol. The predicted octanol–water partition coefficient (Wildman–Crippen LogP) is 5.09. The Bertz CT molecular complexity index is 1290. The van der Waals surface area contributed by atoms with Crippen LogP contribution in [0.25, 0.3) is 22.1 Å². The van der Waals surface area contributed by atoms with Crippen molar-refractivity contribution in [2.75, 3.05) is 5.32 Å². The van der Waals surface area contributed by atoms with Gasteiger partial charge in [0.1, 0.15) is 17.2 Å². The molecule has 3 aromatic carbocycles. The van der Waals surface area contributed by atoms with Crippen molar-refractivity contribution in [3.63, 3.8) is 0 Å². The molecule has 30 heavy (non-hydrogen) atoms. The smallest absolute Gasteiger partial charge is 0.125 e. The van der Waals surface area contributed by atoms with Crippen LogP contribution in [0.15, 0.2) is 72.8 Å². The molecule has 1 N–H and O–H groups in total. The topological polar surface area (TPSA) is 73.5 Å². The van der Waals surface area contributed by atoms with Crippen LogP contribution in [-0.4, -0.2) is 30.0 Å². The Morgan fingerprint density at radius 2 is 1.37 bits per heavy atom. The number of aromatic nitrogens is 6. The van der Waals surface area contributed by atoms with Crippen LogP contribution in [-0.2, 0) is 0 Å². The minimum Gasteiger partial charge on any atom is -0.364 e. The van der Waals surface area contributed by atoms with E-state index in [1.807, 2.05) is 82.2 Å². The monoisotopic (exact) mass is 417 g/mol. The normalized spacial score (nSPS) is 13.5. The third-order valence-electron chi connectivity index (χ3n) is 5.21. The number of anilines is 1. The summed E-state index contributed by atoms with van der Waals surface area (Å²) in [5.74, 6) is 0. The fourth-order valence-corrected chi connectivity index (χ4v) is 3.84. The number of halogens is 1. The Morgan fingerprint density at radius 3 is 2.03 bits per heavy atom. The van der Waals surface area contributed by atoms with Gasteiger partial charge in [0.15, 0.2) is 0 Å². The number of para-hydroxylation sites is 2. The second kappa shape index (κ2) is 7.76. The molecule has 8 heteroatoms. The molecule has 0 saturated carbocycles. The third-order valence-corrected chi connectivity index (χ3v) is 5.46. The van der Waals surface area contributed by atoms with Crippen molar-refractivity contribution in [3.05, 3.63) is 77.8 Å². The summed E-state index contributed by atoms with van der Waals surface area (Å²) in [6, 6.07) is 23.7. The molecule has 0 saturated heterocycles. The zero-order chi connectivity index (χ0) is 20.5. The molecule has 7 nitrogen and oxygen atoms in total. The van der Waals surface area contributed by atoms with Gasteiger partial charge in [-0.25, -0.2) is 9.36 Å². The summed E-state index contributed by atoms with van der Waals surface area (Å²) in [5.41, 5.74) is 4.69. The van der Waals surface area contributed by atoms with Gasteiger partial charge >= 0.3 is 0 Å². The molecule has 0 aliphatic rings. The van der Waals surface area contributed by atoms with Gasteiger partial charge in [0.05, 0.1) is 17.1 Å². The molecule has 0 aliphatic heterocycles. The summed E-state index contributed by atoms with van der Waals surface area (Å²) in [6.07, 6.45) is 0.583. The maximum absolute atomic E-state index is 6.06. The van der Waals surface area contributed by atoms with E-state index in [0.29, 0.717) is 5.02 Å². The van der Waals surface area contributed by atoms with Crippen LogP contribution < -0.4 is 5.32 Å². The summed E-state index contributed by atoms with van der Waals surface area (Å²) in [7, 11) is 0. The molecule has 150 valence electrons. The molecule has 2 atom stereocenters. The Hall–Kier alpha value is -3.45. The van der Waals surface area contributed by atoms with E-state index in [0.717, 1.165) is 34.2 Å². The zero-order valence-electron chi connectivity index (χ0n) is 16.4. The highest BCUT2D eigenvalue weighted by Crippen LogP contribution is 2.28. The van der Waals surface area contributed by atoms with E-state index in [2.05, 4.69) is 32.9 Å². The van der Waals surface area contributed by atoms with Crippen LogP contribution >= 0.6 is 11.6 Å². The Kier molecular flexibility index (Phi) is 4.80. The van der Waals surface area contributed by atoms with Crippen LogP contribution in [0.5, 0.6) is 0 Å². The standard InChI is InChI=1S/C22H20ClN7/c1-15(29-20-8-4-2-6-18(20)25-27-29)14-22(24-17-12-10-16(23)11-13-17)30-21-9-5-3-7-19(21)26-28-30/h2-13,15,22,24H,14H2,1H3. The first-order valence-electron chi connectivity index (χ1n) is 9.81. The molecular formula is C22H20ClN7. The van der Waals surface area contributed by atoms with E-state index in [1.54, 1.807) is 0 Å². The van der Waals surface area contributed by atoms with Gasteiger partial charge < -0.3 is 5.32 Å². The molecule has 2 unspecified atom stereocenters. The van der Waals surface area contributed by atoms with Crippen LogP contribution in [0.3, 0.4) is 0 Å². The maximum atomic E-state index is 6.06. The van der Waals surface area contributed by atoms with Crippen molar-refractivity contribution in [3.8, 4) is 0 Å². The Labute approximate surface area is 178 Å². The maximum Gasteiger partial charge on any atom is 0.125 e. The molecule has 5 rings (SSSR count). The quantitative estimate of drug-likeness (QED) is 0.416. The molecule has 0 fully saturated rings. The highest BCUT2D eigenvalue weighted by Gasteiger charge is 2.21. The highest BCUT2D eigenvalue weighted by atomic mass is 35.5. The van der Waals surface area contributed by atoms with Gasteiger partial charge in [-0.15, -0.1) is 10.2 Å². The van der Waals surface area contributed by atoms with E-state index < -0.39 is 0 Å². The van der Waals surface area contributed by atoms with Gasteiger partial charge in [0, 0.05) is 17.1 Å². The largest absolute Gasteiger partial charge is 0.364 e. The lowest BCUT2D eigenvalue weighted by atomic mass is 10.1. The van der Waals surface area contributed by atoms with Crippen LogP contribution in [0.2, 0.25) is 5.02 Å². The van der Waals surface area contributed by atoms with Crippen LogP contribution in [0, 0.1) is 0 Å². The Balaban J connectivity index is 1.51. The lowest BCUT2D eigenvalue weighted by molar-refractivity contribution is 0.367. The molecule has 2 heterocycles. The van der Waals surface area contributed by atoms with Crippen LogP contribution in [0.4, 0.5) is 5.69 Å². The van der Waals surface area contributed by atoms with Gasteiger partial charge in [0.25, 0.3) is 0 Å². The van der Waals surface area contributed by atoms with Gasteiger partial charge in [-0.05, 0) is 55.5 Å². The average molecular weight is 418 g/mol. The van der Waals surface area contributed by atoms with Crippen LogP contribution in [0.1, 0.15) is 25.6 Å². The van der Waals surface area contributed by atoms with Gasteiger partial charge in [0.2, 0.25) is 0 Å². The van der Waals surface area contributed by atoms with Crippen molar-refractivity contribution < 1.29 is 0 Å². The number of nitrogens with zero attached hydrogens (tertiary/aromatic N) is 6. The minimum atomic E-state index is -0.142. The second-order valence-corrected chi connectivity index (χ2v) is 7.73. The minimum absolute atomic E-state index is 0.0742. The summed E-state index contributed by atoms with van der Waals surface area (Å²) in [4.78, 5) is 0. The SMILES string of the molecule is CC(CC(Nc1ccc(Cl)cc1)n1nnc2ccccc21)n1nnc2ccccc21. The molecular weight excluding hydrogens is 398 g/mol. The summed E-state index contributed by atoms with van der Waals surface area (Å²) in [6.45, 7) is 2.14. The summed E-state index contributed by atoms with van der Waals surface area (Å²) < 4.78 is 3.89.